The highest BCUT2D eigenvalue weighted by molar-refractivity contribution is 8.02. The molecule has 0 heterocycles. The molecule has 2 N–H and O–H groups in total. The zero-order chi connectivity index (χ0) is 10.9. The Bertz CT molecular complexity index is 281. The second-order valence-corrected chi connectivity index (χ2v) is 5.39. The minimum absolute atomic E-state index is 0.116. The zero-order valence-corrected chi connectivity index (χ0v) is 10.2. The van der Waals surface area contributed by atoms with Crippen molar-refractivity contribution in [2.24, 2.45) is 5.73 Å². The SMILES string of the molecule is NCCCSCCSc1ccccc1F. The van der Waals surface area contributed by atoms with Crippen LogP contribution >= 0.6 is 23.5 Å². The van der Waals surface area contributed by atoms with Crippen LogP contribution in [0.15, 0.2) is 29.2 Å². The summed E-state index contributed by atoms with van der Waals surface area (Å²) in [6.45, 7) is 0.757. The number of rotatable bonds is 7. The number of halogens is 1. The van der Waals surface area contributed by atoms with E-state index in [1.54, 1.807) is 17.8 Å². The van der Waals surface area contributed by atoms with Gasteiger partial charge in [0.05, 0.1) is 0 Å². The van der Waals surface area contributed by atoms with Gasteiger partial charge in [-0.1, -0.05) is 12.1 Å². The first-order valence-corrected chi connectivity index (χ1v) is 7.14. The van der Waals surface area contributed by atoms with Gasteiger partial charge in [0.2, 0.25) is 0 Å². The van der Waals surface area contributed by atoms with E-state index in [0.717, 1.165) is 35.1 Å². The van der Waals surface area contributed by atoms with Gasteiger partial charge in [-0.05, 0) is 30.9 Å². The molecule has 4 heteroatoms. The number of hydrogen-bond donors (Lipinski definition) is 1. The molecule has 1 aromatic carbocycles. The first kappa shape index (κ1) is 12.9. The molecule has 0 aliphatic rings. The van der Waals surface area contributed by atoms with Gasteiger partial charge in [0, 0.05) is 16.4 Å². The quantitative estimate of drug-likeness (QED) is 0.591. The monoisotopic (exact) mass is 245 g/mol. The molecule has 0 saturated carbocycles. The lowest BCUT2D eigenvalue weighted by atomic mass is 10.3. The molecule has 0 aromatic heterocycles. The van der Waals surface area contributed by atoms with Crippen LogP contribution in [0.2, 0.25) is 0 Å². The lowest BCUT2D eigenvalue weighted by molar-refractivity contribution is 0.602. The summed E-state index contributed by atoms with van der Waals surface area (Å²) in [5.74, 6) is 3.00. The summed E-state index contributed by atoms with van der Waals surface area (Å²) in [4.78, 5) is 0.747. The van der Waals surface area contributed by atoms with E-state index in [9.17, 15) is 4.39 Å². The van der Waals surface area contributed by atoms with Gasteiger partial charge < -0.3 is 5.73 Å². The predicted octanol–water partition coefficient (Wildman–Crippen LogP) is 3.00. The van der Waals surface area contributed by atoms with Crippen molar-refractivity contribution in [2.45, 2.75) is 11.3 Å². The van der Waals surface area contributed by atoms with E-state index in [2.05, 4.69) is 0 Å². The molecule has 84 valence electrons. The lowest BCUT2D eigenvalue weighted by Gasteiger charge is -2.02. The normalized spacial score (nSPS) is 10.5. The second-order valence-electron chi connectivity index (χ2n) is 3.03. The molecular weight excluding hydrogens is 229 g/mol. The molecule has 0 aliphatic heterocycles. The standard InChI is InChI=1S/C11H16FNS2/c12-10-4-1-2-5-11(10)15-9-8-14-7-3-6-13/h1-2,4-5H,3,6-9,13H2. The lowest BCUT2D eigenvalue weighted by Crippen LogP contribution is -2.00. The third-order valence-corrected chi connectivity index (χ3v) is 4.19. The molecule has 1 nitrogen and oxygen atoms in total. The van der Waals surface area contributed by atoms with E-state index < -0.39 is 0 Å². The maximum Gasteiger partial charge on any atom is 0.136 e. The van der Waals surface area contributed by atoms with Crippen LogP contribution in [-0.4, -0.2) is 23.8 Å². The number of nitrogens with two attached hydrogens (primary N) is 1. The molecule has 0 aliphatic carbocycles. The van der Waals surface area contributed by atoms with Crippen molar-refractivity contribution in [3.63, 3.8) is 0 Å². The first-order chi connectivity index (χ1) is 7.34. The maximum atomic E-state index is 13.2. The van der Waals surface area contributed by atoms with E-state index in [1.807, 2.05) is 23.9 Å². The molecule has 0 amide bonds. The zero-order valence-electron chi connectivity index (χ0n) is 8.62. The molecule has 0 spiro atoms. The van der Waals surface area contributed by atoms with E-state index >= 15 is 0 Å². The smallest absolute Gasteiger partial charge is 0.136 e. The van der Waals surface area contributed by atoms with Crippen molar-refractivity contribution in [2.75, 3.05) is 23.8 Å². The minimum atomic E-state index is -0.116. The fourth-order valence-corrected chi connectivity index (χ4v) is 3.04. The maximum absolute atomic E-state index is 13.2. The summed E-state index contributed by atoms with van der Waals surface area (Å²) in [5, 5.41) is 0. The fourth-order valence-electron chi connectivity index (χ4n) is 1.06. The van der Waals surface area contributed by atoms with E-state index in [4.69, 9.17) is 5.73 Å². The average molecular weight is 245 g/mol. The van der Waals surface area contributed by atoms with Crippen LogP contribution in [0.1, 0.15) is 6.42 Å². The fraction of sp³-hybridized carbons (Fsp3) is 0.455. The highest BCUT2D eigenvalue weighted by Crippen LogP contribution is 2.22. The Morgan fingerprint density at radius 1 is 1.13 bits per heavy atom. The van der Waals surface area contributed by atoms with Gasteiger partial charge in [0.1, 0.15) is 5.82 Å². The number of benzene rings is 1. The molecule has 15 heavy (non-hydrogen) atoms. The third-order valence-electron chi connectivity index (χ3n) is 1.81. The van der Waals surface area contributed by atoms with Crippen LogP contribution < -0.4 is 5.73 Å². The van der Waals surface area contributed by atoms with Gasteiger partial charge in [-0.15, -0.1) is 11.8 Å². The molecule has 1 rings (SSSR count). The molecular formula is C11H16FNS2. The van der Waals surface area contributed by atoms with Crippen molar-refractivity contribution >= 4 is 23.5 Å². The molecule has 0 fully saturated rings. The predicted molar refractivity (Wildman–Crippen MR) is 68.1 cm³/mol. The molecule has 0 atom stereocenters. The van der Waals surface area contributed by atoms with Crippen molar-refractivity contribution in [3.8, 4) is 0 Å². The van der Waals surface area contributed by atoms with E-state index in [1.165, 1.54) is 6.07 Å². The Hall–Kier alpha value is -0.190. The summed E-state index contributed by atoms with van der Waals surface area (Å²) in [5.41, 5.74) is 5.39. The van der Waals surface area contributed by atoms with Gasteiger partial charge in [0.15, 0.2) is 0 Å². The largest absolute Gasteiger partial charge is 0.330 e. The van der Waals surface area contributed by atoms with E-state index in [-0.39, 0.29) is 5.82 Å². The van der Waals surface area contributed by atoms with E-state index in [0.29, 0.717) is 0 Å². The van der Waals surface area contributed by atoms with Crippen molar-refractivity contribution in [1.29, 1.82) is 0 Å². The Morgan fingerprint density at radius 3 is 2.67 bits per heavy atom. The summed E-state index contributed by atoms with van der Waals surface area (Å²) in [7, 11) is 0. The van der Waals surface area contributed by atoms with Gasteiger partial charge in [-0.2, -0.15) is 11.8 Å². The molecule has 0 radical (unpaired) electrons. The highest BCUT2D eigenvalue weighted by Gasteiger charge is 2.00. The van der Waals surface area contributed by atoms with Crippen LogP contribution in [-0.2, 0) is 0 Å². The van der Waals surface area contributed by atoms with Crippen molar-refractivity contribution in [3.05, 3.63) is 30.1 Å². The minimum Gasteiger partial charge on any atom is -0.330 e. The van der Waals surface area contributed by atoms with Crippen molar-refractivity contribution in [1.82, 2.24) is 0 Å². The summed E-state index contributed by atoms with van der Waals surface area (Å²) >= 11 is 3.46. The van der Waals surface area contributed by atoms with Gasteiger partial charge in [-0.25, -0.2) is 4.39 Å². The molecule has 0 bridgehead atoms. The van der Waals surface area contributed by atoms with Crippen LogP contribution in [0.4, 0.5) is 4.39 Å². The third kappa shape index (κ3) is 5.44. The Morgan fingerprint density at radius 2 is 1.93 bits per heavy atom. The van der Waals surface area contributed by atoms with Crippen LogP contribution in [0, 0.1) is 5.82 Å². The highest BCUT2D eigenvalue weighted by atomic mass is 32.2. The van der Waals surface area contributed by atoms with Crippen LogP contribution in [0.3, 0.4) is 0 Å². The Kier molecular flexibility index (Phi) is 6.88. The van der Waals surface area contributed by atoms with Crippen LogP contribution in [0.5, 0.6) is 0 Å². The second kappa shape index (κ2) is 8.02. The number of hydrogen-bond acceptors (Lipinski definition) is 3. The summed E-state index contributed by atoms with van der Waals surface area (Å²) in [6.07, 6.45) is 1.06. The Balaban J connectivity index is 2.12. The van der Waals surface area contributed by atoms with Gasteiger partial charge in [-0.3, -0.25) is 0 Å². The number of thioether (sulfide) groups is 2. The van der Waals surface area contributed by atoms with Gasteiger partial charge in [0.25, 0.3) is 0 Å². The summed E-state index contributed by atoms with van der Waals surface area (Å²) < 4.78 is 13.2. The average Bonchev–Trinajstić information content (AvgIpc) is 2.25. The molecule has 0 unspecified atom stereocenters. The van der Waals surface area contributed by atoms with Gasteiger partial charge >= 0.3 is 0 Å². The molecule has 0 saturated heterocycles. The van der Waals surface area contributed by atoms with Crippen molar-refractivity contribution < 1.29 is 4.39 Å². The Labute approximate surface area is 99.0 Å². The summed E-state index contributed by atoms with van der Waals surface area (Å²) in [6, 6.07) is 6.91. The first-order valence-electron chi connectivity index (χ1n) is 4.99. The topological polar surface area (TPSA) is 26.0 Å². The molecule has 1 aromatic rings. The van der Waals surface area contributed by atoms with Crippen LogP contribution in [0.25, 0.3) is 0 Å².